The van der Waals surface area contributed by atoms with Gasteiger partial charge in [0.1, 0.15) is 5.00 Å². The third kappa shape index (κ3) is 4.23. The molecule has 176 valence electrons. The van der Waals surface area contributed by atoms with E-state index in [0.29, 0.717) is 29.1 Å². The first-order valence-corrected chi connectivity index (χ1v) is 13.3. The zero-order valence-corrected chi connectivity index (χ0v) is 20.9. The van der Waals surface area contributed by atoms with Gasteiger partial charge < -0.3 is 19.5 Å². The smallest absolute Gasteiger partial charge is 0.341 e. The molecule has 0 radical (unpaired) electrons. The number of piperidine rings is 1. The Balaban J connectivity index is 1.38. The maximum absolute atomic E-state index is 12.9. The molecule has 1 aliphatic carbocycles. The lowest BCUT2D eigenvalue weighted by Crippen LogP contribution is -2.50. The van der Waals surface area contributed by atoms with Gasteiger partial charge in [-0.15, -0.1) is 11.3 Å². The van der Waals surface area contributed by atoms with Crippen LogP contribution in [0.15, 0.2) is 23.0 Å². The molecule has 3 atom stereocenters. The lowest BCUT2D eigenvalue weighted by molar-refractivity contribution is 0.0526. The Labute approximate surface area is 203 Å². The third-order valence-corrected chi connectivity index (χ3v) is 8.94. The average molecular weight is 486 g/mol. The van der Waals surface area contributed by atoms with Crippen LogP contribution in [0.25, 0.3) is 0 Å². The van der Waals surface area contributed by atoms with Crippen molar-refractivity contribution in [3.8, 4) is 0 Å². The van der Waals surface area contributed by atoms with Crippen molar-refractivity contribution in [1.29, 1.82) is 0 Å². The molecule has 6 nitrogen and oxygen atoms in total. The van der Waals surface area contributed by atoms with E-state index in [-0.39, 0.29) is 17.4 Å². The molecule has 5 rings (SSSR count). The number of fused-ring (bicyclic) bond motifs is 5. The van der Waals surface area contributed by atoms with Crippen molar-refractivity contribution in [1.82, 2.24) is 9.47 Å². The van der Waals surface area contributed by atoms with Gasteiger partial charge in [-0.3, -0.25) is 4.79 Å². The van der Waals surface area contributed by atoms with Gasteiger partial charge in [0.2, 0.25) is 0 Å². The number of thiocarbonyl (C=S) groups is 1. The van der Waals surface area contributed by atoms with Crippen molar-refractivity contribution in [2.75, 3.05) is 25.0 Å². The highest BCUT2D eigenvalue weighted by molar-refractivity contribution is 7.80. The summed E-state index contributed by atoms with van der Waals surface area (Å²) in [6.45, 7) is 6.79. The van der Waals surface area contributed by atoms with Crippen LogP contribution >= 0.6 is 23.6 Å². The Morgan fingerprint density at radius 1 is 1.27 bits per heavy atom. The number of hydrogen-bond donors (Lipinski definition) is 1. The molecule has 1 N–H and O–H groups in total. The molecular formula is C25H31N3O3S2. The third-order valence-electron chi connectivity index (χ3n) is 7.41. The average Bonchev–Trinajstić information content (AvgIpc) is 3.16. The lowest BCUT2D eigenvalue weighted by atomic mass is 9.83. The number of esters is 1. The quantitative estimate of drug-likeness (QED) is 0.511. The largest absolute Gasteiger partial charge is 0.462 e. The summed E-state index contributed by atoms with van der Waals surface area (Å²) in [4.78, 5) is 28.7. The van der Waals surface area contributed by atoms with E-state index in [1.54, 1.807) is 17.4 Å². The maximum Gasteiger partial charge on any atom is 0.341 e. The van der Waals surface area contributed by atoms with Crippen LogP contribution in [0.2, 0.25) is 0 Å². The molecule has 0 amide bonds. The van der Waals surface area contributed by atoms with Crippen LogP contribution in [0, 0.1) is 11.8 Å². The maximum atomic E-state index is 12.9. The van der Waals surface area contributed by atoms with Crippen molar-refractivity contribution < 1.29 is 9.53 Å². The summed E-state index contributed by atoms with van der Waals surface area (Å²) in [7, 11) is 0. The minimum atomic E-state index is -0.251. The summed E-state index contributed by atoms with van der Waals surface area (Å²) >= 11 is 7.52. The number of pyridine rings is 1. The Kier molecular flexibility index (Phi) is 6.31. The monoisotopic (exact) mass is 485 g/mol. The lowest BCUT2D eigenvalue weighted by Gasteiger charge is -2.43. The normalized spacial score (nSPS) is 23.5. The summed E-state index contributed by atoms with van der Waals surface area (Å²) in [5.74, 6) is 1.11. The van der Waals surface area contributed by atoms with E-state index in [9.17, 15) is 9.59 Å². The minimum absolute atomic E-state index is 0.0879. The van der Waals surface area contributed by atoms with Gasteiger partial charge in [-0.05, 0) is 68.3 Å². The van der Waals surface area contributed by atoms with Crippen LogP contribution in [0.1, 0.15) is 65.5 Å². The summed E-state index contributed by atoms with van der Waals surface area (Å²) in [5, 5.41) is 4.93. The molecule has 0 spiro atoms. The molecule has 3 aliphatic rings. The molecule has 8 heteroatoms. The van der Waals surface area contributed by atoms with E-state index in [1.165, 1.54) is 4.88 Å². The van der Waals surface area contributed by atoms with E-state index in [2.05, 4.69) is 23.2 Å². The van der Waals surface area contributed by atoms with E-state index in [0.717, 1.165) is 68.0 Å². The van der Waals surface area contributed by atoms with Crippen LogP contribution in [0.5, 0.6) is 0 Å². The predicted molar refractivity (Wildman–Crippen MR) is 135 cm³/mol. The van der Waals surface area contributed by atoms with Gasteiger partial charge in [-0.2, -0.15) is 0 Å². The van der Waals surface area contributed by atoms with Crippen molar-refractivity contribution in [2.24, 2.45) is 11.8 Å². The number of nitrogens with one attached hydrogen (secondary N) is 1. The molecule has 1 saturated heterocycles. The molecule has 1 fully saturated rings. The second-order valence-corrected chi connectivity index (χ2v) is 11.0. The number of rotatable bonds is 4. The first-order chi connectivity index (χ1) is 16.0. The zero-order chi connectivity index (χ0) is 23.1. The number of nitrogens with zero attached hydrogens (tertiary/aromatic N) is 2. The second kappa shape index (κ2) is 9.22. The first-order valence-electron chi connectivity index (χ1n) is 12.1. The number of thiophene rings is 1. The predicted octanol–water partition coefficient (Wildman–Crippen LogP) is 4.42. The van der Waals surface area contributed by atoms with Gasteiger partial charge >= 0.3 is 5.97 Å². The molecule has 33 heavy (non-hydrogen) atoms. The molecule has 4 heterocycles. The Hall–Kier alpha value is -2.19. The number of hydrogen-bond acceptors (Lipinski definition) is 5. The molecule has 0 unspecified atom stereocenters. The van der Waals surface area contributed by atoms with Crippen LogP contribution in [0.4, 0.5) is 5.00 Å². The van der Waals surface area contributed by atoms with Gasteiger partial charge in [-0.25, -0.2) is 4.79 Å². The minimum Gasteiger partial charge on any atom is -0.462 e. The van der Waals surface area contributed by atoms with Gasteiger partial charge in [0, 0.05) is 42.2 Å². The zero-order valence-electron chi connectivity index (χ0n) is 19.3. The number of carbonyl (C=O) groups is 1. The van der Waals surface area contributed by atoms with E-state index in [4.69, 9.17) is 17.0 Å². The van der Waals surface area contributed by atoms with Crippen LogP contribution < -0.4 is 10.9 Å². The van der Waals surface area contributed by atoms with Gasteiger partial charge in [0.05, 0.1) is 12.2 Å². The van der Waals surface area contributed by atoms with Crippen molar-refractivity contribution >= 4 is 39.6 Å². The highest BCUT2D eigenvalue weighted by atomic mass is 32.1. The summed E-state index contributed by atoms with van der Waals surface area (Å²) < 4.78 is 7.36. The van der Waals surface area contributed by atoms with Crippen LogP contribution in [0.3, 0.4) is 0 Å². The summed E-state index contributed by atoms with van der Waals surface area (Å²) in [6, 6.07) is 5.57. The molecule has 2 bridgehead atoms. The van der Waals surface area contributed by atoms with Gasteiger partial charge in [0.25, 0.3) is 5.56 Å². The number of carbonyl (C=O) groups excluding carboxylic acids is 1. The number of aromatic nitrogens is 1. The van der Waals surface area contributed by atoms with Gasteiger partial charge in [0.15, 0.2) is 5.11 Å². The molecule has 0 saturated carbocycles. The van der Waals surface area contributed by atoms with Gasteiger partial charge in [-0.1, -0.05) is 19.4 Å². The van der Waals surface area contributed by atoms with Crippen LogP contribution in [-0.4, -0.2) is 40.2 Å². The fourth-order valence-electron chi connectivity index (χ4n) is 5.75. The molecule has 2 aromatic heterocycles. The summed E-state index contributed by atoms with van der Waals surface area (Å²) in [5.41, 5.74) is 3.03. The number of ether oxygens (including phenoxy) is 1. The highest BCUT2D eigenvalue weighted by Crippen LogP contribution is 2.41. The van der Waals surface area contributed by atoms with E-state index < -0.39 is 0 Å². The Morgan fingerprint density at radius 3 is 2.91 bits per heavy atom. The molecule has 0 aromatic carbocycles. The van der Waals surface area contributed by atoms with Crippen molar-refractivity contribution in [3.05, 3.63) is 50.3 Å². The van der Waals surface area contributed by atoms with E-state index >= 15 is 0 Å². The first kappa shape index (κ1) is 22.6. The SMILES string of the molecule is CCOC(=O)c1c(NC(=S)N2C[C@@H]3C[C@H](C2)c2cccc(=O)n2C3)sc2c1CC[C@@H](CC)C2. The molecule has 2 aromatic rings. The van der Waals surface area contributed by atoms with Crippen LogP contribution in [-0.2, 0) is 24.1 Å². The topological polar surface area (TPSA) is 63.6 Å². The molecule has 2 aliphatic heterocycles. The molecular weight excluding hydrogens is 454 g/mol. The fraction of sp³-hybridized carbons (Fsp3) is 0.560. The van der Waals surface area contributed by atoms with Crippen molar-refractivity contribution in [3.63, 3.8) is 0 Å². The number of likely N-dealkylation sites (tertiary alicyclic amines) is 1. The fourth-order valence-corrected chi connectivity index (χ4v) is 7.41. The summed E-state index contributed by atoms with van der Waals surface area (Å²) in [6.07, 6.45) is 5.31. The van der Waals surface area contributed by atoms with Crippen molar-refractivity contribution in [2.45, 2.75) is 58.4 Å². The number of anilines is 1. The second-order valence-electron chi connectivity index (χ2n) is 9.48. The Bertz CT molecular complexity index is 1140. The Morgan fingerprint density at radius 2 is 2.12 bits per heavy atom. The standard InChI is InChI=1S/C25H31N3O3S2/c1-3-15-8-9-18-20(11-15)33-23(22(18)24(30)31-4-2)26-25(32)27-12-16-10-17(14-27)19-6-5-7-21(29)28(19)13-16/h5-7,15-17H,3-4,8-14H2,1-2H3,(H,26,32)/t15-,16+,17-/m1/s1. The van der Waals surface area contributed by atoms with E-state index in [1.807, 2.05) is 17.6 Å². The highest BCUT2D eigenvalue weighted by Gasteiger charge is 2.36.